The molecule has 2 N–H and O–H groups in total. The van der Waals surface area contributed by atoms with Crippen molar-refractivity contribution in [3.63, 3.8) is 0 Å². The van der Waals surface area contributed by atoms with Gasteiger partial charge >= 0.3 is 5.97 Å². The summed E-state index contributed by atoms with van der Waals surface area (Å²) >= 11 is 0. The van der Waals surface area contributed by atoms with Gasteiger partial charge in [-0.05, 0) is 24.6 Å². The summed E-state index contributed by atoms with van der Waals surface area (Å²) in [6.45, 7) is 1.93. The number of unbranched alkanes of at least 4 members (excludes halogenated alkanes) is 1. The van der Waals surface area contributed by atoms with Crippen molar-refractivity contribution in [2.24, 2.45) is 0 Å². The van der Waals surface area contributed by atoms with Crippen LogP contribution < -0.4 is 10.1 Å². The molecule has 1 rings (SSSR count). The first kappa shape index (κ1) is 15.9. The number of benzene rings is 1. The Hall–Kier alpha value is -2.11. The zero-order valence-corrected chi connectivity index (χ0v) is 11.5. The standard InChI is InChI=1S/C14H18FNO4/c1-3-4-5-11(14(18)19)16-13(17)9-6-7-12(20-2)10(15)8-9/h6-8,11H,3-5H2,1-2H3,(H,16,17)(H,18,19). The zero-order chi connectivity index (χ0) is 15.1. The second-order valence-corrected chi connectivity index (χ2v) is 4.36. The molecule has 0 fully saturated rings. The molecule has 6 heteroatoms. The minimum Gasteiger partial charge on any atom is -0.494 e. The molecule has 0 bridgehead atoms. The number of rotatable bonds is 7. The van der Waals surface area contributed by atoms with E-state index in [0.29, 0.717) is 12.8 Å². The van der Waals surface area contributed by atoms with Crippen LogP contribution in [0.15, 0.2) is 18.2 Å². The van der Waals surface area contributed by atoms with Crippen molar-refractivity contribution >= 4 is 11.9 Å². The fourth-order valence-corrected chi connectivity index (χ4v) is 1.71. The summed E-state index contributed by atoms with van der Waals surface area (Å²) < 4.78 is 18.2. The topological polar surface area (TPSA) is 75.6 Å². The number of carbonyl (C=O) groups is 2. The Morgan fingerprint density at radius 3 is 2.65 bits per heavy atom. The first-order chi connectivity index (χ1) is 9.49. The van der Waals surface area contributed by atoms with Gasteiger partial charge in [0.2, 0.25) is 0 Å². The molecule has 5 nitrogen and oxygen atoms in total. The Labute approximate surface area is 116 Å². The number of carbonyl (C=O) groups excluding carboxylic acids is 1. The summed E-state index contributed by atoms with van der Waals surface area (Å²) in [6, 6.07) is 2.77. The number of carboxylic acid groups (broad SMARTS) is 1. The summed E-state index contributed by atoms with van der Waals surface area (Å²) in [5.74, 6) is -2.35. The van der Waals surface area contributed by atoms with Gasteiger partial charge in [0, 0.05) is 5.56 Å². The largest absolute Gasteiger partial charge is 0.494 e. The van der Waals surface area contributed by atoms with E-state index in [4.69, 9.17) is 9.84 Å². The van der Waals surface area contributed by atoms with Gasteiger partial charge in [-0.3, -0.25) is 4.79 Å². The maximum atomic E-state index is 13.5. The monoisotopic (exact) mass is 283 g/mol. The first-order valence-corrected chi connectivity index (χ1v) is 6.36. The van der Waals surface area contributed by atoms with Gasteiger partial charge in [-0.15, -0.1) is 0 Å². The molecule has 1 aromatic carbocycles. The third-order valence-electron chi connectivity index (χ3n) is 2.86. The van der Waals surface area contributed by atoms with Gasteiger partial charge in [-0.25, -0.2) is 9.18 Å². The Balaban J connectivity index is 2.78. The van der Waals surface area contributed by atoms with Gasteiger partial charge in [0.05, 0.1) is 7.11 Å². The first-order valence-electron chi connectivity index (χ1n) is 6.36. The summed E-state index contributed by atoms with van der Waals surface area (Å²) in [7, 11) is 1.32. The molecule has 110 valence electrons. The van der Waals surface area contributed by atoms with E-state index in [-0.39, 0.29) is 11.3 Å². The molecular weight excluding hydrogens is 265 g/mol. The van der Waals surface area contributed by atoms with Crippen molar-refractivity contribution in [2.45, 2.75) is 32.2 Å². The predicted octanol–water partition coefficient (Wildman–Crippen LogP) is 2.21. The number of hydrogen-bond donors (Lipinski definition) is 2. The van der Waals surface area contributed by atoms with E-state index in [1.165, 1.54) is 19.2 Å². The van der Waals surface area contributed by atoms with Crippen LogP contribution in [0.3, 0.4) is 0 Å². The molecule has 1 unspecified atom stereocenters. The Kier molecular flexibility index (Phi) is 5.96. The molecule has 0 aliphatic carbocycles. The Morgan fingerprint density at radius 2 is 2.15 bits per heavy atom. The second kappa shape index (κ2) is 7.47. The van der Waals surface area contributed by atoms with Gasteiger partial charge in [0.15, 0.2) is 11.6 Å². The molecule has 1 aromatic rings. The average molecular weight is 283 g/mol. The number of methoxy groups -OCH3 is 1. The van der Waals surface area contributed by atoms with Crippen molar-refractivity contribution in [3.8, 4) is 5.75 Å². The number of nitrogens with one attached hydrogen (secondary N) is 1. The molecule has 20 heavy (non-hydrogen) atoms. The highest BCUT2D eigenvalue weighted by Crippen LogP contribution is 2.17. The number of carboxylic acids is 1. The van der Waals surface area contributed by atoms with Gasteiger partial charge in [0.1, 0.15) is 6.04 Å². The van der Waals surface area contributed by atoms with E-state index >= 15 is 0 Å². The molecule has 0 aliphatic rings. The number of ether oxygens (including phenoxy) is 1. The van der Waals surface area contributed by atoms with Crippen molar-refractivity contribution in [2.75, 3.05) is 7.11 Å². The predicted molar refractivity (Wildman–Crippen MR) is 71.4 cm³/mol. The molecule has 0 aromatic heterocycles. The van der Waals surface area contributed by atoms with E-state index in [1.54, 1.807) is 0 Å². The van der Waals surface area contributed by atoms with E-state index < -0.39 is 23.7 Å². The molecule has 0 aliphatic heterocycles. The summed E-state index contributed by atoms with van der Waals surface area (Å²) in [5.41, 5.74) is 0.0612. The molecule has 0 heterocycles. The van der Waals surface area contributed by atoms with E-state index in [0.717, 1.165) is 12.5 Å². The van der Waals surface area contributed by atoms with Gasteiger partial charge in [-0.2, -0.15) is 0 Å². The van der Waals surface area contributed by atoms with Gasteiger partial charge in [0.25, 0.3) is 5.91 Å². The van der Waals surface area contributed by atoms with Crippen LogP contribution in [0.5, 0.6) is 5.75 Å². The van der Waals surface area contributed by atoms with E-state index in [9.17, 15) is 14.0 Å². The second-order valence-electron chi connectivity index (χ2n) is 4.36. The lowest BCUT2D eigenvalue weighted by atomic mass is 10.1. The highest BCUT2D eigenvalue weighted by atomic mass is 19.1. The fourth-order valence-electron chi connectivity index (χ4n) is 1.71. The lowest BCUT2D eigenvalue weighted by molar-refractivity contribution is -0.139. The van der Waals surface area contributed by atoms with E-state index in [2.05, 4.69) is 5.32 Å². The van der Waals surface area contributed by atoms with Crippen LogP contribution in [0.1, 0.15) is 36.5 Å². The van der Waals surface area contributed by atoms with Crippen LogP contribution >= 0.6 is 0 Å². The molecule has 0 saturated carbocycles. The van der Waals surface area contributed by atoms with Crippen LogP contribution in [0.25, 0.3) is 0 Å². The number of halogens is 1. The maximum absolute atomic E-state index is 13.5. The zero-order valence-electron chi connectivity index (χ0n) is 11.5. The van der Waals surface area contributed by atoms with Crippen LogP contribution in [0.2, 0.25) is 0 Å². The average Bonchev–Trinajstić information content (AvgIpc) is 2.42. The minimum atomic E-state index is -1.10. The van der Waals surface area contributed by atoms with Crippen LogP contribution in [-0.2, 0) is 4.79 Å². The van der Waals surface area contributed by atoms with Crippen molar-refractivity contribution in [1.82, 2.24) is 5.32 Å². The van der Waals surface area contributed by atoms with Crippen LogP contribution in [0.4, 0.5) is 4.39 Å². The third kappa shape index (κ3) is 4.22. The van der Waals surface area contributed by atoms with E-state index in [1.807, 2.05) is 6.92 Å². The van der Waals surface area contributed by atoms with Gasteiger partial charge < -0.3 is 15.2 Å². The summed E-state index contributed by atoms with van der Waals surface area (Å²) in [4.78, 5) is 22.9. The number of hydrogen-bond acceptors (Lipinski definition) is 3. The normalized spacial score (nSPS) is 11.8. The number of aliphatic carboxylic acids is 1. The summed E-state index contributed by atoms with van der Waals surface area (Å²) in [6.07, 6.45) is 1.86. The molecule has 0 radical (unpaired) electrons. The molecule has 0 spiro atoms. The molecule has 1 amide bonds. The lowest BCUT2D eigenvalue weighted by Gasteiger charge is -2.14. The SMILES string of the molecule is CCCCC(NC(=O)c1ccc(OC)c(F)c1)C(=O)O. The highest BCUT2D eigenvalue weighted by Gasteiger charge is 2.20. The lowest BCUT2D eigenvalue weighted by Crippen LogP contribution is -2.40. The molecular formula is C14H18FNO4. The molecule has 0 saturated heterocycles. The Morgan fingerprint density at radius 1 is 1.45 bits per heavy atom. The van der Waals surface area contributed by atoms with Crippen molar-refractivity contribution in [3.05, 3.63) is 29.6 Å². The van der Waals surface area contributed by atoms with Crippen LogP contribution in [-0.4, -0.2) is 30.1 Å². The smallest absolute Gasteiger partial charge is 0.326 e. The molecule has 1 atom stereocenters. The Bertz CT molecular complexity index is 490. The maximum Gasteiger partial charge on any atom is 0.326 e. The summed E-state index contributed by atoms with van der Waals surface area (Å²) in [5, 5.41) is 11.4. The van der Waals surface area contributed by atoms with Crippen LogP contribution in [0, 0.1) is 5.82 Å². The fraction of sp³-hybridized carbons (Fsp3) is 0.429. The third-order valence-corrected chi connectivity index (χ3v) is 2.86. The highest BCUT2D eigenvalue weighted by molar-refractivity contribution is 5.96. The number of amides is 1. The van der Waals surface area contributed by atoms with Gasteiger partial charge in [-0.1, -0.05) is 19.8 Å². The van der Waals surface area contributed by atoms with Crippen molar-refractivity contribution in [1.29, 1.82) is 0 Å². The van der Waals surface area contributed by atoms with Crippen molar-refractivity contribution < 1.29 is 23.8 Å². The quantitative estimate of drug-likeness (QED) is 0.804. The minimum absolute atomic E-state index is 0.0299.